The van der Waals surface area contributed by atoms with Gasteiger partial charge in [-0.25, -0.2) is 19.6 Å². The minimum Gasteiger partial charge on any atom is -0.223 e. The number of rotatable bonds is 2. The van der Waals surface area contributed by atoms with Crippen molar-refractivity contribution in [1.82, 2.24) is 39.5 Å². The minimum atomic E-state index is 0.436. The van der Waals surface area contributed by atoms with E-state index in [4.69, 9.17) is 0 Å². The molecule has 0 atom stereocenters. The van der Waals surface area contributed by atoms with Gasteiger partial charge in [-0.15, -0.1) is 0 Å². The summed E-state index contributed by atoms with van der Waals surface area (Å²) in [4.78, 5) is 16.0. The van der Waals surface area contributed by atoms with E-state index in [-0.39, 0.29) is 0 Å². The lowest BCUT2D eigenvalue weighted by Gasteiger charge is -2.01. The Labute approximate surface area is 89.6 Å². The standard InChI is InChI=1S/C8H6N8/c1-2-11-8(16-6-10-4-13-16)14-7(1)15-5-9-3-12-15/h1-6H. The smallest absolute Gasteiger partial charge is 0.223 e. The van der Waals surface area contributed by atoms with E-state index >= 15 is 0 Å². The average molecular weight is 214 g/mol. The van der Waals surface area contributed by atoms with Crippen LogP contribution in [0.3, 0.4) is 0 Å². The molecule has 0 spiro atoms. The molecular weight excluding hydrogens is 208 g/mol. The van der Waals surface area contributed by atoms with Crippen molar-refractivity contribution in [2.75, 3.05) is 0 Å². The fourth-order valence-corrected chi connectivity index (χ4v) is 1.22. The third-order valence-electron chi connectivity index (χ3n) is 1.91. The molecule has 0 aromatic carbocycles. The highest BCUT2D eigenvalue weighted by molar-refractivity contribution is 5.22. The van der Waals surface area contributed by atoms with Gasteiger partial charge in [0.1, 0.15) is 25.3 Å². The summed E-state index contributed by atoms with van der Waals surface area (Å²) in [5, 5.41) is 7.92. The molecule has 0 fully saturated rings. The Morgan fingerprint density at radius 2 is 1.69 bits per heavy atom. The molecule has 3 aromatic heterocycles. The maximum atomic E-state index is 4.27. The van der Waals surface area contributed by atoms with Crippen LogP contribution in [0, 0.1) is 0 Å². The predicted octanol–water partition coefficient (Wildman–Crippen LogP) is -0.362. The third kappa shape index (κ3) is 1.41. The van der Waals surface area contributed by atoms with Crippen molar-refractivity contribution in [3.8, 4) is 11.8 Å². The SMILES string of the molecule is c1cc(-n2cncn2)nc(-n2cncn2)n1. The summed E-state index contributed by atoms with van der Waals surface area (Å²) < 4.78 is 3.02. The van der Waals surface area contributed by atoms with Gasteiger partial charge in [0, 0.05) is 12.3 Å². The van der Waals surface area contributed by atoms with Crippen LogP contribution in [0.15, 0.2) is 37.6 Å². The van der Waals surface area contributed by atoms with Crippen LogP contribution < -0.4 is 0 Å². The summed E-state index contributed by atoms with van der Waals surface area (Å²) in [6.07, 6.45) is 7.58. The first-order valence-electron chi connectivity index (χ1n) is 4.46. The van der Waals surface area contributed by atoms with Crippen LogP contribution in [0.2, 0.25) is 0 Å². The van der Waals surface area contributed by atoms with Crippen LogP contribution in [0.5, 0.6) is 0 Å². The average Bonchev–Trinajstić information content (AvgIpc) is 3.03. The zero-order valence-electron chi connectivity index (χ0n) is 8.04. The Morgan fingerprint density at radius 1 is 0.938 bits per heavy atom. The van der Waals surface area contributed by atoms with Crippen LogP contribution >= 0.6 is 0 Å². The first kappa shape index (κ1) is 8.65. The molecule has 78 valence electrons. The van der Waals surface area contributed by atoms with Crippen molar-refractivity contribution in [2.45, 2.75) is 0 Å². The summed E-state index contributed by atoms with van der Waals surface area (Å²) in [7, 11) is 0. The van der Waals surface area contributed by atoms with E-state index in [0.29, 0.717) is 11.8 Å². The molecule has 0 radical (unpaired) electrons. The van der Waals surface area contributed by atoms with E-state index in [2.05, 4.69) is 30.1 Å². The molecule has 16 heavy (non-hydrogen) atoms. The summed E-state index contributed by atoms with van der Waals surface area (Å²) in [6, 6.07) is 1.73. The second-order valence-electron chi connectivity index (χ2n) is 2.89. The second kappa shape index (κ2) is 3.50. The van der Waals surface area contributed by atoms with E-state index < -0.39 is 0 Å². The third-order valence-corrected chi connectivity index (χ3v) is 1.91. The normalized spacial score (nSPS) is 10.5. The van der Waals surface area contributed by atoms with Gasteiger partial charge in [0.15, 0.2) is 5.82 Å². The zero-order chi connectivity index (χ0) is 10.8. The molecule has 3 heterocycles. The zero-order valence-corrected chi connectivity index (χ0v) is 8.04. The van der Waals surface area contributed by atoms with Crippen molar-refractivity contribution in [2.24, 2.45) is 0 Å². The minimum absolute atomic E-state index is 0.436. The maximum Gasteiger partial charge on any atom is 0.254 e. The van der Waals surface area contributed by atoms with Gasteiger partial charge in [0.25, 0.3) is 5.95 Å². The molecular formula is C8H6N8. The monoisotopic (exact) mass is 214 g/mol. The van der Waals surface area contributed by atoms with Gasteiger partial charge in [0.2, 0.25) is 0 Å². The molecule has 3 aromatic rings. The molecule has 3 rings (SSSR count). The highest BCUT2D eigenvalue weighted by Gasteiger charge is 2.03. The van der Waals surface area contributed by atoms with Gasteiger partial charge in [-0.3, -0.25) is 0 Å². The van der Waals surface area contributed by atoms with Crippen molar-refractivity contribution in [3.63, 3.8) is 0 Å². The van der Waals surface area contributed by atoms with Crippen LogP contribution in [0.4, 0.5) is 0 Å². The van der Waals surface area contributed by atoms with Crippen molar-refractivity contribution >= 4 is 0 Å². The lowest BCUT2D eigenvalue weighted by atomic mass is 10.6. The molecule has 0 aliphatic rings. The second-order valence-corrected chi connectivity index (χ2v) is 2.89. The lowest BCUT2D eigenvalue weighted by molar-refractivity contribution is 0.773. The van der Waals surface area contributed by atoms with Gasteiger partial charge >= 0.3 is 0 Å². The lowest BCUT2D eigenvalue weighted by Crippen LogP contribution is -2.05. The van der Waals surface area contributed by atoms with Crippen LogP contribution in [0.1, 0.15) is 0 Å². The molecule has 8 heteroatoms. The van der Waals surface area contributed by atoms with Crippen LogP contribution in [-0.2, 0) is 0 Å². The molecule has 0 saturated carbocycles. The van der Waals surface area contributed by atoms with E-state index in [0.717, 1.165) is 0 Å². The van der Waals surface area contributed by atoms with Crippen LogP contribution in [-0.4, -0.2) is 39.5 Å². The molecule has 0 saturated heterocycles. The Balaban J connectivity index is 2.07. The molecule has 0 unspecified atom stereocenters. The van der Waals surface area contributed by atoms with Crippen molar-refractivity contribution in [3.05, 3.63) is 37.6 Å². The fourth-order valence-electron chi connectivity index (χ4n) is 1.22. The summed E-state index contributed by atoms with van der Waals surface area (Å²) in [5.41, 5.74) is 0. The first-order chi connectivity index (χ1) is 7.93. The van der Waals surface area contributed by atoms with Crippen molar-refractivity contribution < 1.29 is 0 Å². The van der Waals surface area contributed by atoms with Gasteiger partial charge < -0.3 is 0 Å². The Hall–Kier alpha value is -2.64. The predicted molar refractivity (Wildman–Crippen MR) is 51.9 cm³/mol. The fraction of sp³-hybridized carbons (Fsp3) is 0. The van der Waals surface area contributed by atoms with E-state index in [1.54, 1.807) is 23.3 Å². The summed E-state index contributed by atoms with van der Waals surface area (Å²) in [6.45, 7) is 0. The molecule has 0 aliphatic heterocycles. The molecule has 0 N–H and O–H groups in total. The maximum absolute atomic E-state index is 4.27. The topological polar surface area (TPSA) is 87.2 Å². The van der Waals surface area contributed by atoms with E-state index in [1.165, 1.54) is 23.7 Å². The number of hydrogen-bond acceptors (Lipinski definition) is 6. The van der Waals surface area contributed by atoms with Crippen LogP contribution in [0.25, 0.3) is 11.8 Å². The first-order valence-corrected chi connectivity index (χ1v) is 4.46. The number of nitrogens with zero attached hydrogens (tertiary/aromatic N) is 8. The van der Waals surface area contributed by atoms with Gasteiger partial charge in [-0.2, -0.15) is 19.9 Å². The number of hydrogen-bond donors (Lipinski definition) is 0. The molecule has 0 bridgehead atoms. The Morgan fingerprint density at radius 3 is 2.38 bits per heavy atom. The van der Waals surface area contributed by atoms with Crippen molar-refractivity contribution in [1.29, 1.82) is 0 Å². The molecule has 0 amide bonds. The highest BCUT2D eigenvalue weighted by Crippen LogP contribution is 2.02. The van der Waals surface area contributed by atoms with Gasteiger partial charge in [0.05, 0.1) is 0 Å². The molecule has 8 nitrogen and oxygen atoms in total. The summed E-state index contributed by atoms with van der Waals surface area (Å²) in [5.74, 6) is 1.06. The highest BCUT2D eigenvalue weighted by atomic mass is 15.4. The Bertz CT molecular complexity index is 520. The largest absolute Gasteiger partial charge is 0.254 e. The summed E-state index contributed by atoms with van der Waals surface area (Å²) >= 11 is 0. The van der Waals surface area contributed by atoms with Gasteiger partial charge in [-0.05, 0) is 0 Å². The van der Waals surface area contributed by atoms with Gasteiger partial charge in [-0.1, -0.05) is 0 Å². The van der Waals surface area contributed by atoms with E-state index in [1.807, 2.05) is 0 Å². The quantitative estimate of drug-likeness (QED) is 0.578. The number of aromatic nitrogens is 8. The Kier molecular flexibility index (Phi) is 1.89. The molecule has 0 aliphatic carbocycles. The van der Waals surface area contributed by atoms with E-state index in [9.17, 15) is 0 Å².